The number of hydrogen-bond acceptors (Lipinski definition) is 3. The Morgan fingerprint density at radius 2 is 2.11 bits per heavy atom. The molecule has 4 atom stereocenters. The third kappa shape index (κ3) is 2.95. The molecule has 19 heavy (non-hydrogen) atoms. The van der Waals surface area contributed by atoms with Crippen molar-refractivity contribution in [1.82, 2.24) is 15.5 Å². The Hall–Kier alpha value is -0.610. The molecule has 0 radical (unpaired) electrons. The van der Waals surface area contributed by atoms with Gasteiger partial charge in [-0.2, -0.15) is 0 Å². The average molecular weight is 265 g/mol. The Labute approximate surface area is 116 Å². The number of nitrogens with zero attached hydrogens (tertiary/aromatic N) is 1. The van der Waals surface area contributed by atoms with Gasteiger partial charge >= 0.3 is 0 Å². The Morgan fingerprint density at radius 3 is 2.95 bits per heavy atom. The number of nitrogens with one attached hydrogen (secondary N) is 2. The summed E-state index contributed by atoms with van der Waals surface area (Å²) in [6.45, 7) is 5.64. The second-order valence-corrected chi connectivity index (χ2v) is 6.64. The van der Waals surface area contributed by atoms with E-state index in [0.29, 0.717) is 18.0 Å². The van der Waals surface area contributed by atoms with Gasteiger partial charge in [-0.15, -0.1) is 0 Å². The third-order valence-corrected chi connectivity index (χ3v) is 5.17. The molecule has 108 valence electrons. The summed E-state index contributed by atoms with van der Waals surface area (Å²) >= 11 is 0. The van der Waals surface area contributed by atoms with Gasteiger partial charge in [-0.1, -0.05) is 13.3 Å². The lowest BCUT2D eigenvalue weighted by atomic mass is 9.93. The molecule has 0 aromatic carbocycles. The first-order valence-corrected chi connectivity index (χ1v) is 8.02. The van der Waals surface area contributed by atoms with Gasteiger partial charge in [0.15, 0.2) is 0 Å². The number of piperidine rings is 2. The van der Waals surface area contributed by atoms with Crippen LogP contribution in [0.1, 0.15) is 45.4 Å². The van der Waals surface area contributed by atoms with Gasteiger partial charge in [-0.25, -0.2) is 0 Å². The monoisotopic (exact) mass is 265 g/mol. The van der Waals surface area contributed by atoms with Gasteiger partial charge < -0.3 is 10.6 Å². The van der Waals surface area contributed by atoms with E-state index >= 15 is 0 Å². The fourth-order valence-electron chi connectivity index (χ4n) is 4.01. The Bertz CT molecular complexity index is 333. The summed E-state index contributed by atoms with van der Waals surface area (Å²) in [5.74, 6) is 0.913. The summed E-state index contributed by atoms with van der Waals surface area (Å²) in [6.07, 6.45) is 7.25. The standard InChI is InChI=1S/C15H27N3O/c1-11-5-7-16-13(10-11)15(19)17-12-6-9-18-8-3-2-4-14(12)18/h11-14,16H,2-10H2,1H3,(H,17,19). The molecule has 4 nitrogen and oxygen atoms in total. The van der Waals surface area contributed by atoms with Crippen LogP contribution in [0, 0.1) is 5.92 Å². The summed E-state index contributed by atoms with van der Waals surface area (Å²) in [5.41, 5.74) is 0. The van der Waals surface area contributed by atoms with E-state index < -0.39 is 0 Å². The fraction of sp³-hybridized carbons (Fsp3) is 0.933. The molecule has 0 aliphatic carbocycles. The minimum absolute atomic E-state index is 0.0430. The highest BCUT2D eigenvalue weighted by atomic mass is 16.2. The van der Waals surface area contributed by atoms with Gasteiger partial charge in [-0.05, 0) is 51.1 Å². The SMILES string of the molecule is CC1CCNC(C(=O)NC2CCN3CCCCC23)C1. The molecule has 3 aliphatic rings. The lowest BCUT2D eigenvalue weighted by molar-refractivity contribution is -0.125. The molecule has 0 saturated carbocycles. The normalized spacial score (nSPS) is 39.8. The Kier molecular flexibility index (Phi) is 4.08. The van der Waals surface area contributed by atoms with Crippen LogP contribution in [0.25, 0.3) is 0 Å². The molecule has 0 bridgehead atoms. The number of fused-ring (bicyclic) bond motifs is 1. The molecule has 3 rings (SSSR count). The molecule has 2 N–H and O–H groups in total. The summed E-state index contributed by atoms with van der Waals surface area (Å²) in [4.78, 5) is 15.0. The van der Waals surface area contributed by atoms with Crippen LogP contribution in [0.4, 0.5) is 0 Å². The Balaban J connectivity index is 1.54. The second-order valence-electron chi connectivity index (χ2n) is 6.64. The van der Waals surface area contributed by atoms with E-state index in [1.807, 2.05) is 0 Å². The second kappa shape index (κ2) is 5.80. The van der Waals surface area contributed by atoms with E-state index in [9.17, 15) is 4.79 Å². The lowest BCUT2D eigenvalue weighted by Crippen LogP contribution is -2.54. The first kappa shape index (κ1) is 13.4. The molecule has 3 fully saturated rings. The topological polar surface area (TPSA) is 44.4 Å². The summed E-state index contributed by atoms with van der Waals surface area (Å²) in [7, 11) is 0. The van der Waals surface area contributed by atoms with Crippen molar-refractivity contribution in [2.45, 2.75) is 63.6 Å². The molecular formula is C15H27N3O. The highest BCUT2D eigenvalue weighted by molar-refractivity contribution is 5.82. The maximum Gasteiger partial charge on any atom is 0.237 e. The molecule has 0 aromatic rings. The molecule has 1 amide bonds. The number of hydrogen-bond donors (Lipinski definition) is 2. The first-order valence-electron chi connectivity index (χ1n) is 8.02. The van der Waals surface area contributed by atoms with Crippen LogP contribution in [0.5, 0.6) is 0 Å². The summed E-state index contributed by atoms with van der Waals surface area (Å²) < 4.78 is 0. The minimum atomic E-state index is 0.0430. The van der Waals surface area contributed by atoms with Crippen molar-refractivity contribution in [3.63, 3.8) is 0 Å². The number of rotatable bonds is 2. The highest BCUT2D eigenvalue weighted by Crippen LogP contribution is 2.27. The fourth-order valence-corrected chi connectivity index (χ4v) is 4.01. The van der Waals surface area contributed by atoms with Crippen LogP contribution in [0.2, 0.25) is 0 Å². The molecule has 0 aromatic heterocycles. The van der Waals surface area contributed by atoms with Gasteiger partial charge in [0.2, 0.25) is 5.91 Å². The van der Waals surface area contributed by atoms with Crippen LogP contribution in [0.3, 0.4) is 0 Å². The molecule has 3 saturated heterocycles. The number of carbonyl (C=O) groups excluding carboxylic acids is 1. The predicted octanol–water partition coefficient (Wildman–Crippen LogP) is 1.12. The average Bonchev–Trinajstić information content (AvgIpc) is 2.82. The maximum absolute atomic E-state index is 12.4. The zero-order chi connectivity index (χ0) is 13.2. The van der Waals surface area contributed by atoms with E-state index in [0.717, 1.165) is 19.4 Å². The minimum Gasteiger partial charge on any atom is -0.350 e. The lowest BCUT2D eigenvalue weighted by Gasteiger charge is -2.34. The summed E-state index contributed by atoms with van der Waals surface area (Å²) in [6, 6.07) is 1.05. The van der Waals surface area contributed by atoms with Gasteiger partial charge in [-0.3, -0.25) is 9.69 Å². The first-order chi connectivity index (χ1) is 9.24. The molecule has 3 aliphatic heterocycles. The van der Waals surface area contributed by atoms with Gasteiger partial charge in [0, 0.05) is 18.6 Å². The molecular weight excluding hydrogens is 238 g/mol. The zero-order valence-corrected chi connectivity index (χ0v) is 12.0. The van der Waals surface area contributed by atoms with Crippen molar-refractivity contribution in [2.75, 3.05) is 19.6 Å². The van der Waals surface area contributed by atoms with Gasteiger partial charge in [0.1, 0.15) is 0 Å². The largest absolute Gasteiger partial charge is 0.350 e. The summed E-state index contributed by atoms with van der Waals surface area (Å²) in [5, 5.41) is 6.69. The quantitative estimate of drug-likeness (QED) is 0.786. The van der Waals surface area contributed by atoms with Crippen LogP contribution in [-0.2, 0) is 4.79 Å². The number of amides is 1. The van der Waals surface area contributed by atoms with Crippen molar-refractivity contribution >= 4 is 5.91 Å². The van der Waals surface area contributed by atoms with Crippen LogP contribution in [-0.4, -0.2) is 48.6 Å². The van der Waals surface area contributed by atoms with Crippen molar-refractivity contribution in [3.05, 3.63) is 0 Å². The van der Waals surface area contributed by atoms with Crippen molar-refractivity contribution in [1.29, 1.82) is 0 Å². The predicted molar refractivity (Wildman–Crippen MR) is 75.9 cm³/mol. The number of carbonyl (C=O) groups is 1. The highest BCUT2D eigenvalue weighted by Gasteiger charge is 2.37. The van der Waals surface area contributed by atoms with Crippen molar-refractivity contribution in [3.8, 4) is 0 Å². The van der Waals surface area contributed by atoms with Gasteiger partial charge in [0.25, 0.3) is 0 Å². The van der Waals surface area contributed by atoms with E-state index in [1.54, 1.807) is 0 Å². The van der Waals surface area contributed by atoms with E-state index in [4.69, 9.17) is 0 Å². The van der Waals surface area contributed by atoms with Crippen LogP contribution < -0.4 is 10.6 Å². The van der Waals surface area contributed by atoms with Crippen LogP contribution >= 0.6 is 0 Å². The van der Waals surface area contributed by atoms with E-state index in [-0.39, 0.29) is 11.9 Å². The maximum atomic E-state index is 12.4. The van der Waals surface area contributed by atoms with Crippen LogP contribution in [0.15, 0.2) is 0 Å². The van der Waals surface area contributed by atoms with Crippen molar-refractivity contribution in [2.24, 2.45) is 5.92 Å². The zero-order valence-electron chi connectivity index (χ0n) is 12.0. The van der Waals surface area contributed by atoms with Crippen molar-refractivity contribution < 1.29 is 4.79 Å². The van der Waals surface area contributed by atoms with Gasteiger partial charge in [0.05, 0.1) is 6.04 Å². The Morgan fingerprint density at radius 1 is 1.21 bits per heavy atom. The van der Waals surface area contributed by atoms with E-state index in [1.165, 1.54) is 38.8 Å². The van der Waals surface area contributed by atoms with E-state index in [2.05, 4.69) is 22.5 Å². The molecule has 4 heteroatoms. The molecule has 4 unspecified atom stereocenters. The molecule has 3 heterocycles. The smallest absolute Gasteiger partial charge is 0.237 e. The molecule has 0 spiro atoms. The third-order valence-electron chi connectivity index (χ3n) is 5.17.